The minimum Gasteiger partial charge on any atom is -0.397 e. The largest absolute Gasteiger partial charge is 0.433 e. The predicted molar refractivity (Wildman–Crippen MR) is 78.0 cm³/mol. The normalized spacial score (nSPS) is 11.9. The van der Waals surface area contributed by atoms with Gasteiger partial charge in [0.25, 0.3) is 5.91 Å². The second-order valence-electron chi connectivity index (χ2n) is 4.60. The van der Waals surface area contributed by atoms with Crippen LogP contribution in [0.15, 0.2) is 6.07 Å². The van der Waals surface area contributed by atoms with Crippen molar-refractivity contribution in [2.24, 2.45) is 0 Å². The summed E-state index contributed by atoms with van der Waals surface area (Å²) in [6, 6.07) is 0.929. The number of pyridine rings is 1. The van der Waals surface area contributed by atoms with Gasteiger partial charge in [0.05, 0.1) is 12.3 Å². The number of methoxy groups -OCH3 is 1. The first kappa shape index (κ1) is 16.5. The maximum atomic E-state index is 12.8. The minimum atomic E-state index is -4.54. The molecule has 0 bridgehead atoms. The van der Waals surface area contributed by atoms with Crippen molar-refractivity contribution < 1.29 is 22.7 Å². The lowest BCUT2D eigenvalue weighted by atomic mass is 10.1. The maximum Gasteiger partial charge on any atom is 0.433 e. The van der Waals surface area contributed by atoms with Crippen LogP contribution >= 0.6 is 11.3 Å². The van der Waals surface area contributed by atoms with Crippen LogP contribution in [0.25, 0.3) is 10.2 Å². The van der Waals surface area contributed by atoms with Crippen LogP contribution in [0.1, 0.15) is 20.9 Å². The smallest absolute Gasteiger partial charge is 0.397 e. The Morgan fingerprint density at radius 2 is 2.18 bits per heavy atom. The van der Waals surface area contributed by atoms with Gasteiger partial charge in [0.15, 0.2) is 0 Å². The van der Waals surface area contributed by atoms with Crippen LogP contribution < -0.4 is 11.1 Å². The van der Waals surface area contributed by atoms with Gasteiger partial charge in [0, 0.05) is 19.0 Å². The van der Waals surface area contributed by atoms with E-state index in [1.54, 1.807) is 0 Å². The van der Waals surface area contributed by atoms with Crippen LogP contribution in [-0.2, 0) is 10.9 Å². The summed E-state index contributed by atoms with van der Waals surface area (Å²) < 4.78 is 43.2. The number of nitrogens with zero attached hydrogens (tertiary/aromatic N) is 1. The number of nitrogen functional groups attached to an aromatic ring is 1. The van der Waals surface area contributed by atoms with Crippen molar-refractivity contribution in [1.29, 1.82) is 0 Å². The zero-order chi connectivity index (χ0) is 16.5. The Labute approximate surface area is 128 Å². The van der Waals surface area contributed by atoms with E-state index in [2.05, 4.69) is 10.3 Å². The highest BCUT2D eigenvalue weighted by Gasteiger charge is 2.34. The summed E-state index contributed by atoms with van der Waals surface area (Å²) in [4.78, 5) is 15.8. The molecule has 5 nitrogen and oxygen atoms in total. The third-order valence-electron chi connectivity index (χ3n) is 2.98. The van der Waals surface area contributed by atoms with Gasteiger partial charge in [-0.1, -0.05) is 0 Å². The molecule has 2 aromatic rings. The summed E-state index contributed by atoms with van der Waals surface area (Å²) in [5, 5.41) is 2.97. The van der Waals surface area contributed by atoms with E-state index in [4.69, 9.17) is 10.5 Å². The van der Waals surface area contributed by atoms with E-state index in [-0.39, 0.29) is 21.9 Å². The third kappa shape index (κ3) is 3.14. The molecular weight excluding hydrogens is 319 g/mol. The Morgan fingerprint density at radius 1 is 1.50 bits per heavy atom. The molecule has 0 spiro atoms. The number of ether oxygens (including phenoxy) is 1. The molecule has 0 saturated carbocycles. The number of hydrogen-bond donors (Lipinski definition) is 2. The molecule has 0 aliphatic carbocycles. The van der Waals surface area contributed by atoms with Gasteiger partial charge in [0.2, 0.25) is 0 Å². The molecule has 2 aromatic heterocycles. The molecule has 22 heavy (non-hydrogen) atoms. The molecule has 9 heteroatoms. The van der Waals surface area contributed by atoms with Gasteiger partial charge < -0.3 is 15.8 Å². The Kier molecular flexibility index (Phi) is 4.57. The van der Waals surface area contributed by atoms with Crippen LogP contribution in [0.3, 0.4) is 0 Å². The standard InChI is InChI=1S/C13H14F3N3O2S/c1-6-5-7(13(14,15)16)19-12-8(6)9(17)10(22-12)11(20)18-3-4-21-2/h5H,3-4,17H2,1-2H3,(H,18,20). The topological polar surface area (TPSA) is 77.2 Å². The highest BCUT2D eigenvalue weighted by atomic mass is 32.1. The van der Waals surface area contributed by atoms with Crippen molar-refractivity contribution in [2.75, 3.05) is 26.0 Å². The lowest BCUT2D eigenvalue weighted by Gasteiger charge is -2.07. The number of aryl methyl sites for hydroxylation is 1. The zero-order valence-electron chi connectivity index (χ0n) is 11.9. The molecule has 0 atom stereocenters. The number of nitrogens with one attached hydrogen (secondary N) is 1. The number of nitrogens with two attached hydrogens (primary N) is 1. The van der Waals surface area contributed by atoms with Crippen molar-refractivity contribution in [2.45, 2.75) is 13.1 Å². The SMILES string of the molecule is COCCNC(=O)c1sc2nc(C(F)(F)F)cc(C)c2c1N. The lowest BCUT2D eigenvalue weighted by Crippen LogP contribution is -2.26. The van der Waals surface area contributed by atoms with Crippen molar-refractivity contribution in [1.82, 2.24) is 10.3 Å². The zero-order valence-corrected chi connectivity index (χ0v) is 12.7. The average molecular weight is 333 g/mol. The summed E-state index contributed by atoms with van der Waals surface area (Å²) in [5.41, 5.74) is 5.39. The first-order chi connectivity index (χ1) is 10.3. The molecule has 3 N–H and O–H groups in total. The monoisotopic (exact) mass is 333 g/mol. The van der Waals surface area contributed by atoms with Crippen LogP contribution in [0.5, 0.6) is 0 Å². The van der Waals surface area contributed by atoms with Gasteiger partial charge in [-0.05, 0) is 18.6 Å². The van der Waals surface area contributed by atoms with E-state index >= 15 is 0 Å². The predicted octanol–water partition coefficient (Wildman–Crippen LogP) is 2.58. The Balaban J connectivity index is 2.44. The second kappa shape index (κ2) is 6.09. The van der Waals surface area contributed by atoms with Crippen molar-refractivity contribution in [3.63, 3.8) is 0 Å². The van der Waals surface area contributed by atoms with Crippen LogP contribution in [0.4, 0.5) is 18.9 Å². The summed E-state index contributed by atoms with van der Waals surface area (Å²) in [6.45, 7) is 2.12. The summed E-state index contributed by atoms with van der Waals surface area (Å²) in [7, 11) is 1.49. The summed E-state index contributed by atoms with van der Waals surface area (Å²) in [6.07, 6.45) is -4.54. The van der Waals surface area contributed by atoms with Crippen LogP contribution in [0, 0.1) is 6.92 Å². The van der Waals surface area contributed by atoms with Gasteiger partial charge >= 0.3 is 6.18 Å². The molecule has 2 heterocycles. The third-order valence-corrected chi connectivity index (χ3v) is 4.08. The highest BCUT2D eigenvalue weighted by Crippen LogP contribution is 2.38. The first-order valence-corrected chi connectivity index (χ1v) is 7.11. The second-order valence-corrected chi connectivity index (χ2v) is 5.59. The van der Waals surface area contributed by atoms with Crippen LogP contribution in [0.2, 0.25) is 0 Å². The van der Waals surface area contributed by atoms with E-state index < -0.39 is 17.8 Å². The Morgan fingerprint density at radius 3 is 2.77 bits per heavy atom. The number of fused-ring (bicyclic) bond motifs is 1. The number of rotatable bonds is 4. The van der Waals surface area contributed by atoms with Gasteiger partial charge in [-0.25, -0.2) is 4.98 Å². The Hall–Kier alpha value is -1.87. The minimum absolute atomic E-state index is 0.0988. The van der Waals surface area contributed by atoms with E-state index in [1.165, 1.54) is 14.0 Å². The van der Waals surface area contributed by atoms with Crippen molar-refractivity contribution >= 4 is 33.1 Å². The number of halogens is 3. The number of carbonyl (C=O) groups is 1. The molecule has 0 fully saturated rings. The molecular formula is C13H14F3N3O2S. The number of carbonyl (C=O) groups excluding carboxylic acids is 1. The summed E-state index contributed by atoms with van der Waals surface area (Å²) >= 11 is 0.846. The Bertz CT molecular complexity index is 713. The van der Waals surface area contributed by atoms with E-state index in [0.29, 0.717) is 17.6 Å². The molecule has 0 radical (unpaired) electrons. The number of anilines is 1. The number of hydrogen-bond acceptors (Lipinski definition) is 5. The fraction of sp³-hybridized carbons (Fsp3) is 0.385. The molecule has 0 aromatic carbocycles. The molecule has 0 saturated heterocycles. The summed E-state index contributed by atoms with van der Waals surface area (Å²) in [5.74, 6) is -0.453. The van der Waals surface area contributed by atoms with E-state index in [0.717, 1.165) is 17.4 Å². The molecule has 120 valence electrons. The maximum absolute atomic E-state index is 12.8. The molecule has 2 rings (SSSR count). The number of amides is 1. The fourth-order valence-electron chi connectivity index (χ4n) is 1.97. The number of alkyl halides is 3. The van der Waals surface area contributed by atoms with Crippen molar-refractivity contribution in [3.05, 3.63) is 22.2 Å². The average Bonchev–Trinajstić information content (AvgIpc) is 2.76. The van der Waals surface area contributed by atoms with Crippen molar-refractivity contribution in [3.8, 4) is 0 Å². The number of aromatic nitrogens is 1. The molecule has 0 aliphatic rings. The molecule has 0 aliphatic heterocycles. The van der Waals surface area contributed by atoms with Gasteiger partial charge in [0.1, 0.15) is 15.4 Å². The first-order valence-electron chi connectivity index (χ1n) is 6.29. The quantitative estimate of drug-likeness (QED) is 0.843. The van der Waals surface area contributed by atoms with Gasteiger partial charge in [-0.15, -0.1) is 11.3 Å². The van der Waals surface area contributed by atoms with E-state index in [1.807, 2.05) is 0 Å². The molecule has 1 amide bonds. The van der Waals surface area contributed by atoms with Gasteiger partial charge in [-0.3, -0.25) is 4.79 Å². The number of thiophene rings is 1. The highest BCUT2D eigenvalue weighted by molar-refractivity contribution is 7.21. The fourth-order valence-corrected chi connectivity index (χ4v) is 3.06. The van der Waals surface area contributed by atoms with Gasteiger partial charge in [-0.2, -0.15) is 13.2 Å². The molecule has 0 unspecified atom stereocenters. The van der Waals surface area contributed by atoms with E-state index in [9.17, 15) is 18.0 Å². The van der Waals surface area contributed by atoms with Crippen LogP contribution in [-0.4, -0.2) is 31.2 Å². The lowest BCUT2D eigenvalue weighted by molar-refractivity contribution is -0.141.